The molecule has 0 unspecified atom stereocenters. The minimum absolute atomic E-state index is 0.0342. The molecule has 2 amide bonds. The van der Waals surface area contributed by atoms with Crippen LogP contribution in [0.3, 0.4) is 0 Å². The topological polar surface area (TPSA) is 93.7 Å². The van der Waals surface area contributed by atoms with E-state index in [2.05, 4.69) is 22.8 Å². The lowest BCUT2D eigenvalue weighted by Gasteiger charge is -2.13. The molecule has 8 heteroatoms. The standard InChI is InChI=1S/C39H32N2O5S/c1-45-36-18-15-25(20-37(36)46-2)19-34(41-38(43)26-9-4-3-5-10-26)39(44)40-30-12-8-13-31(23-30)47-24-35(42)28-16-17-33-29(22-28)21-27-11-6-7-14-32(27)33/h3-20,22-23H,21,24H2,1-2H3,(H,40,44)(H,41,43)/b34-19-. The van der Waals surface area contributed by atoms with Crippen molar-refractivity contribution in [2.45, 2.75) is 11.3 Å². The number of hydrogen-bond donors (Lipinski definition) is 2. The number of carbonyl (C=O) groups excluding carboxylic acids is 3. The van der Waals surface area contributed by atoms with Crippen LogP contribution in [0.1, 0.15) is 37.4 Å². The molecular weight excluding hydrogens is 609 g/mol. The van der Waals surface area contributed by atoms with Gasteiger partial charge in [0.05, 0.1) is 20.0 Å². The quantitative estimate of drug-likeness (QED) is 0.0858. The van der Waals surface area contributed by atoms with Crippen LogP contribution in [0.4, 0.5) is 5.69 Å². The van der Waals surface area contributed by atoms with E-state index in [9.17, 15) is 14.4 Å². The van der Waals surface area contributed by atoms with E-state index in [1.165, 1.54) is 41.1 Å². The van der Waals surface area contributed by atoms with Gasteiger partial charge in [0.1, 0.15) is 5.70 Å². The van der Waals surface area contributed by atoms with E-state index in [0.29, 0.717) is 33.9 Å². The molecule has 1 aliphatic carbocycles. The van der Waals surface area contributed by atoms with Gasteiger partial charge in [0.2, 0.25) is 0 Å². The van der Waals surface area contributed by atoms with E-state index in [-0.39, 0.29) is 17.2 Å². The number of methoxy groups -OCH3 is 2. The zero-order valence-corrected chi connectivity index (χ0v) is 26.7. The third kappa shape index (κ3) is 7.29. The first-order valence-corrected chi connectivity index (χ1v) is 16.0. The molecule has 0 aromatic heterocycles. The second-order valence-electron chi connectivity index (χ2n) is 10.9. The fraction of sp³-hybridized carbons (Fsp3) is 0.103. The van der Waals surface area contributed by atoms with Gasteiger partial charge in [-0.05, 0) is 88.8 Å². The summed E-state index contributed by atoms with van der Waals surface area (Å²) in [7, 11) is 3.07. The smallest absolute Gasteiger partial charge is 0.272 e. The number of carbonyl (C=O) groups is 3. The lowest BCUT2D eigenvalue weighted by atomic mass is 10.0. The summed E-state index contributed by atoms with van der Waals surface area (Å²) in [6.45, 7) is 0. The molecule has 1 aliphatic rings. The number of Topliss-reactive ketones (excluding diaryl/α,β-unsaturated/α-hetero) is 1. The highest BCUT2D eigenvalue weighted by atomic mass is 32.2. The summed E-state index contributed by atoms with van der Waals surface area (Å²) in [5.74, 6) is 0.373. The van der Waals surface area contributed by atoms with E-state index in [1.807, 2.05) is 54.6 Å². The van der Waals surface area contributed by atoms with Gasteiger partial charge in [-0.2, -0.15) is 0 Å². The number of thioether (sulfide) groups is 1. The number of nitrogens with one attached hydrogen (secondary N) is 2. The van der Waals surface area contributed by atoms with Crippen molar-refractivity contribution in [3.8, 4) is 22.6 Å². The van der Waals surface area contributed by atoms with Gasteiger partial charge in [-0.1, -0.05) is 66.7 Å². The first-order chi connectivity index (χ1) is 22.9. The summed E-state index contributed by atoms with van der Waals surface area (Å²) in [4.78, 5) is 40.6. The summed E-state index contributed by atoms with van der Waals surface area (Å²) in [6, 6.07) is 35.4. The largest absolute Gasteiger partial charge is 0.493 e. The second kappa shape index (κ2) is 14.2. The predicted octanol–water partition coefficient (Wildman–Crippen LogP) is 7.66. The van der Waals surface area contributed by atoms with Crippen molar-refractivity contribution in [1.29, 1.82) is 0 Å². The van der Waals surface area contributed by atoms with Gasteiger partial charge in [0.25, 0.3) is 11.8 Å². The summed E-state index contributed by atoms with van der Waals surface area (Å²) < 4.78 is 10.7. The summed E-state index contributed by atoms with van der Waals surface area (Å²) in [5, 5.41) is 5.64. The van der Waals surface area contributed by atoms with Crippen LogP contribution in [0.5, 0.6) is 11.5 Å². The van der Waals surface area contributed by atoms with Crippen molar-refractivity contribution >= 4 is 41.1 Å². The maximum atomic E-state index is 13.6. The highest BCUT2D eigenvalue weighted by Gasteiger charge is 2.20. The number of rotatable bonds is 11. The Kier molecular flexibility index (Phi) is 9.50. The summed E-state index contributed by atoms with van der Waals surface area (Å²) in [5.41, 5.74) is 7.16. The van der Waals surface area contributed by atoms with Crippen LogP contribution in [-0.2, 0) is 11.2 Å². The van der Waals surface area contributed by atoms with Crippen LogP contribution in [-0.4, -0.2) is 37.6 Å². The van der Waals surface area contributed by atoms with Crippen molar-refractivity contribution in [3.63, 3.8) is 0 Å². The molecule has 2 N–H and O–H groups in total. The van der Waals surface area contributed by atoms with E-state index in [0.717, 1.165) is 11.3 Å². The van der Waals surface area contributed by atoms with Crippen molar-refractivity contribution in [3.05, 3.63) is 149 Å². The fourth-order valence-electron chi connectivity index (χ4n) is 5.46. The molecule has 0 saturated heterocycles. The minimum atomic E-state index is -0.513. The molecule has 6 rings (SSSR count). The molecule has 0 fully saturated rings. The predicted molar refractivity (Wildman–Crippen MR) is 186 cm³/mol. The first kappa shape index (κ1) is 31.4. The van der Waals surface area contributed by atoms with Gasteiger partial charge in [-0.15, -0.1) is 11.8 Å². The third-order valence-electron chi connectivity index (χ3n) is 7.82. The molecule has 0 aliphatic heterocycles. The van der Waals surface area contributed by atoms with Crippen molar-refractivity contribution in [1.82, 2.24) is 5.32 Å². The van der Waals surface area contributed by atoms with E-state index >= 15 is 0 Å². The van der Waals surface area contributed by atoms with Gasteiger partial charge in [0.15, 0.2) is 17.3 Å². The monoisotopic (exact) mass is 640 g/mol. The average molecular weight is 641 g/mol. The van der Waals surface area contributed by atoms with E-state index in [1.54, 1.807) is 61.7 Å². The maximum Gasteiger partial charge on any atom is 0.272 e. The molecular formula is C39H32N2O5S. The van der Waals surface area contributed by atoms with E-state index < -0.39 is 11.8 Å². The molecule has 0 bridgehead atoms. The molecule has 5 aromatic rings. The van der Waals surface area contributed by atoms with Crippen LogP contribution in [0.15, 0.2) is 126 Å². The highest BCUT2D eigenvalue weighted by molar-refractivity contribution is 8.00. The lowest BCUT2D eigenvalue weighted by molar-refractivity contribution is -0.113. The van der Waals surface area contributed by atoms with Gasteiger partial charge in [-0.25, -0.2) is 0 Å². The Morgan fingerprint density at radius 3 is 2.30 bits per heavy atom. The number of ketones is 1. The van der Waals surface area contributed by atoms with Crippen LogP contribution in [0.2, 0.25) is 0 Å². The lowest BCUT2D eigenvalue weighted by Crippen LogP contribution is -2.30. The maximum absolute atomic E-state index is 13.6. The first-order valence-electron chi connectivity index (χ1n) is 15.0. The molecule has 0 radical (unpaired) electrons. The fourth-order valence-corrected chi connectivity index (χ4v) is 6.31. The Morgan fingerprint density at radius 1 is 0.723 bits per heavy atom. The molecule has 5 aromatic carbocycles. The molecule has 47 heavy (non-hydrogen) atoms. The molecule has 7 nitrogen and oxygen atoms in total. The van der Waals surface area contributed by atoms with Crippen LogP contribution in [0, 0.1) is 0 Å². The Hall–Kier alpha value is -5.60. The summed E-state index contributed by atoms with van der Waals surface area (Å²) in [6.07, 6.45) is 2.40. The van der Waals surface area contributed by atoms with Crippen molar-refractivity contribution < 1.29 is 23.9 Å². The van der Waals surface area contributed by atoms with E-state index in [4.69, 9.17) is 9.47 Å². The molecule has 0 heterocycles. The Morgan fingerprint density at radius 2 is 1.49 bits per heavy atom. The number of amides is 2. The molecule has 0 spiro atoms. The molecule has 0 atom stereocenters. The Balaban J connectivity index is 1.16. The number of benzene rings is 5. The average Bonchev–Trinajstić information content (AvgIpc) is 3.48. The number of fused-ring (bicyclic) bond motifs is 3. The molecule has 234 valence electrons. The third-order valence-corrected chi connectivity index (χ3v) is 8.82. The van der Waals surface area contributed by atoms with Crippen LogP contribution in [0.25, 0.3) is 17.2 Å². The van der Waals surface area contributed by atoms with Crippen molar-refractivity contribution in [2.75, 3.05) is 25.3 Å². The van der Waals surface area contributed by atoms with Crippen LogP contribution >= 0.6 is 11.8 Å². The van der Waals surface area contributed by atoms with Gasteiger partial charge >= 0.3 is 0 Å². The summed E-state index contributed by atoms with van der Waals surface area (Å²) >= 11 is 1.40. The van der Waals surface area contributed by atoms with Gasteiger partial charge in [-0.3, -0.25) is 14.4 Å². The SMILES string of the molecule is COc1ccc(/C=C(\NC(=O)c2ccccc2)C(=O)Nc2cccc(SCC(=O)c3ccc4c(c3)Cc3ccccc3-4)c2)cc1OC. The van der Waals surface area contributed by atoms with Gasteiger partial charge in [0, 0.05) is 21.7 Å². The normalized spacial score (nSPS) is 11.7. The van der Waals surface area contributed by atoms with Crippen molar-refractivity contribution in [2.24, 2.45) is 0 Å². The van der Waals surface area contributed by atoms with Gasteiger partial charge < -0.3 is 20.1 Å². The Labute approximate surface area is 277 Å². The highest BCUT2D eigenvalue weighted by Crippen LogP contribution is 2.37. The molecule has 0 saturated carbocycles. The Bertz CT molecular complexity index is 2000. The second-order valence-corrected chi connectivity index (χ2v) is 11.9. The number of ether oxygens (including phenoxy) is 2. The number of anilines is 1. The zero-order chi connectivity index (χ0) is 32.8. The zero-order valence-electron chi connectivity index (χ0n) is 25.9. The van der Waals surface area contributed by atoms with Crippen LogP contribution < -0.4 is 20.1 Å². The minimum Gasteiger partial charge on any atom is -0.493 e. The number of hydrogen-bond acceptors (Lipinski definition) is 6.